The van der Waals surface area contributed by atoms with E-state index < -0.39 is 0 Å². The molecule has 1 aromatic carbocycles. The van der Waals surface area contributed by atoms with Crippen molar-refractivity contribution in [1.29, 1.82) is 5.26 Å². The molecule has 0 aliphatic rings. The van der Waals surface area contributed by atoms with E-state index >= 15 is 0 Å². The lowest BCUT2D eigenvalue weighted by Gasteiger charge is -2.03. The summed E-state index contributed by atoms with van der Waals surface area (Å²) in [6.07, 6.45) is 0. The van der Waals surface area contributed by atoms with E-state index in [0.29, 0.717) is 16.6 Å². The van der Waals surface area contributed by atoms with Crippen LogP contribution in [0.3, 0.4) is 0 Å². The summed E-state index contributed by atoms with van der Waals surface area (Å²) in [5, 5.41) is 8.59. The van der Waals surface area contributed by atoms with Crippen LogP contribution in [0.2, 0.25) is 0 Å². The van der Waals surface area contributed by atoms with E-state index in [1.165, 1.54) is 11.8 Å². The zero-order valence-electron chi connectivity index (χ0n) is 7.69. The van der Waals surface area contributed by atoms with Gasteiger partial charge in [-0.15, -0.1) is 0 Å². The summed E-state index contributed by atoms with van der Waals surface area (Å²) in [6.45, 7) is 2.48. The van der Waals surface area contributed by atoms with Gasteiger partial charge in [0.2, 0.25) is 4.38 Å². The van der Waals surface area contributed by atoms with Crippen LogP contribution in [0.5, 0.6) is 0 Å². The van der Waals surface area contributed by atoms with Crippen molar-refractivity contribution in [3.05, 3.63) is 29.8 Å². The fourth-order valence-electron chi connectivity index (χ4n) is 0.841. The van der Waals surface area contributed by atoms with Gasteiger partial charge in [0.15, 0.2) is 0 Å². The second-order valence-corrected chi connectivity index (χ2v) is 4.10. The maximum atomic E-state index is 8.59. The van der Waals surface area contributed by atoms with Crippen LogP contribution in [0.4, 0.5) is 0 Å². The Morgan fingerprint density at radius 1 is 1.50 bits per heavy atom. The van der Waals surface area contributed by atoms with Gasteiger partial charge in [-0.1, -0.05) is 0 Å². The van der Waals surface area contributed by atoms with Crippen molar-refractivity contribution >= 4 is 28.4 Å². The van der Waals surface area contributed by atoms with Gasteiger partial charge in [-0.2, -0.15) is 5.26 Å². The molecule has 0 N–H and O–H groups in total. The molecule has 0 spiro atoms. The lowest BCUT2D eigenvalue weighted by atomic mass is 10.2. The van der Waals surface area contributed by atoms with Gasteiger partial charge in [-0.05, 0) is 55.2 Å². The topological polar surface area (TPSA) is 33.0 Å². The normalized spacial score (nSPS) is 9.14. The summed E-state index contributed by atoms with van der Waals surface area (Å²) < 4.78 is 5.64. The minimum atomic E-state index is 0.511. The summed E-state index contributed by atoms with van der Waals surface area (Å²) in [5.74, 6) is 0. The van der Waals surface area contributed by atoms with Crippen molar-refractivity contribution in [2.45, 2.75) is 11.8 Å². The zero-order chi connectivity index (χ0) is 10.4. The molecule has 0 saturated heterocycles. The fraction of sp³-hybridized carbons (Fsp3) is 0.200. The first-order valence-corrected chi connectivity index (χ1v) is 5.33. The van der Waals surface area contributed by atoms with Crippen molar-refractivity contribution in [3.63, 3.8) is 0 Å². The number of rotatable bonds is 2. The first-order chi connectivity index (χ1) is 6.76. The molecule has 0 saturated carbocycles. The van der Waals surface area contributed by atoms with Crippen molar-refractivity contribution in [1.82, 2.24) is 0 Å². The number of thioether (sulfide) groups is 1. The molecular formula is C10H9NOS2. The molecule has 0 aromatic heterocycles. The van der Waals surface area contributed by atoms with Crippen molar-refractivity contribution in [2.24, 2.45) is 0 Å². The smallest absolute Gasteiger partial charge is 0.224 e. The molecule has 72 valence electrons. The van der Waals surface area contributed by atoms with Crippen LogP contribution < -0.4 is 0 Å². The maximum absolute atomic E-state index is 8.59. The quantitative estimate of drug-likeness (QED) is 0.570. The van der Waals surface area contributed by atoms with E-state index in [-0.39, 0.29) is 0 Å². The number of hydrogen-bond acceptors (Lipinski definition) is 4. The molecule has 1 rings (SSSR count). The highest BCUT2D eigenvalue weighted by atomic mass is 32.2. The largest absolute Gasteiger partial charge is 0.479 e. The first kappa shape index (κ1) is 11.0. The highest BCUT2D eigenvalue weighted by Gasteiger charge is 2.00. The summed E-state index contributed by atoms with van der Waals surface area (Å²) in [6, 6.07) is 9.29. The predicted octanol–water partition coefficient (Wildman–Crippen LogP) is 2.97. The van der Waals surface area contributed by atoms with Crippen LogP contribution in [0.25, 0.3) is 0 Å². The van der Waals surface area contributed by atoms with Gasteiger partial charge in [0, 0.05) is 4.90 Å². The van der Waals surface area contributed by atoms with Gasteiger partial charge < -0.3 is 4.74 Å². The van der Waals surface area contributed by atoms with Gasteiger partial charge >= 0.3 is 0 Å². The minimum Gasteiger partial charge on any atom is -0.479 e. The van der Waals surface area contributed by atoms with Crippen LogP contribution in [-0.2, 0) is 4.74 Å². The van der Waals surface area contributed by atoms with Crippen molar-refractivity contribution in [3.8, 4) is 6.07 Å². The molecule has 0 fully saturated rings. The Morgan fingerprint density at radius 2 is 2.14 bits per heavy atom. The summed E-state index contributed by atoms with van der Waals surface area (Å²) in [5.41, 5.74) is 0.650. The molecule has 0 bridgehead atoms. The lowest BCUT2D eigenvalue weighted by Crippen LogP contribution is -1.94. The second-order valence-electron chi connectivity index (χ2n) is 2.42. The highest BCUT2D eigenvalue weighted by Crippen LogP contribution is 2.20. The van der Waals surface area contributed by atoms with Crippen molar-refractivity contribution in [2.75, 3.05) is 6.61 Å². The Kier molecular flexibility index (Phi) is 4.44. The minimum absolute atomic E-state index is 0.511. The van der Waals surface area contributed by atoms with E-state index in [4.69, 9.17) is 22.2 Å². The molecule has 4 heteroatoms. The number of nitriles is 1. The third-order valence-electron chi connectivity index (χ3n) is 1.45. The summed E-state index contributed by atoms with van der Waals surface area (Å²) >= 11 is 6.36. The maximum Gasteiger partial charge on any atom is 0.224 e. The molecule has 14 heavy (non-hydrogen) atoms. The van der Waals surface area contributed by atoms with E-state index in [9.17, 15) is 0 Å². The fourth-order valence-corrected chi connectivity index (χ4v) is 1.89. The van der Waals surface area contributed by atoms with Crippen LogP contribution in [0.15, 0.2) is 29.2 Å². The second kappa shape index (κ2) is 5.63. The Bertz CT molecular complexity index is 353. The average molecular weight is 223 g/mol. The molecule has 0 atom stereocenters. The van der Waals surface area contributed by atoms with Gasteiger partial charge in [0.1, 0.15) is 0 Å². The standard InChI is InChI=1S/C10H9NOS2/c1-2-12-10(13)14-9-5-3-8(7-11)4-6-9/h3-6H,2H2,1H3. The lowest BCUT2D eigenvalue weighted by molar-refractivity contribution is 0.346. The van der Waals surface area contributed by atoms with Crippen molar-refractivity contribution < 1.29 is 4.74 Å². The van der Waals surface area contributed by atoms with Gasteiger partial charge in [-0.25, -0.2) is 0 Å². The molecule has 0 heterocycles. The summed E-state index contributed by atoms with van der Waals surface area (Å²) in [4.78, 5) is 0.988. The molecule has 0 radical (unpaired) electrons. The number of hydrogen-bond donors (Lipinski definition) is 0. The number of nitrogens with zero attached hydrogens (tertiary/aromatic N) is 1. The number of benzene rings is 1. The Morgan fingerprint density at radius 3 is 2.64 bits per heavy atom. The van der Waals surface area contributed by atoms with Crippen LogP contribution in [0.1, 0.15) is 12.5 Å². The van der Waals surface area contributed by atoms with E-state index in [0.717, 1.165) is 4.90 Å². The first-order valence-electron chi connectivity index (χ1n) is 4.11. The molecule has 1 aromatic rings. The number of thiocarbonyl (C=S) groups is 1. The molecule has 0 aliphatic carbocycles. The molecule has 0 unspecified atom stereocenters. The monoisotopic (exact) mass is 223 g/mol. The Balaban J connectivity index is 2.61. The zero-order valence-corrected chi connectivity index (χ0v) is 9.32. The van der Waals surface area contributed by atoms with E-state index in [2.05, 4.69) is 6.07 Å². The predicted molar refractivity (Wildman–Crippen MR) is 61.2 cm³/mol. The van der Waals surface area contributed by atoms with E-state index in [1.807, 2.05) is 19.1 Å². The van der Waals surface area contributed by atoms with Crippen LogP contribution in [0, 0.1) is 11.3 Å². The van der Waals surface area contributed by atoms with Gasteiger partial charge in [0.25, 0.3) is 0 Å². The molecule has 0 amide bonds. The Labute approximate surface area is 92.9 Å². The highest BCUT2D eigenvalue weighted by molar-refractivity contribution is 8.22. The van der Waals surface area contributed by atoms with Crippen LogP contribution in [-0.4, -0.2) is 11.0 Å². The third-order valence-corrected chi connectivity index (χ3v) is 2.61. The van der Waals surface area contributed by atoms with Gasteiger partial charge in [0.05, 0.1) is 18.2 Å². The number of ether oxygens (including phenoxy) is 1. The van der Waals surface area contributed by atoms with Gasteiger partial charge in [-0.3, -0.25) is 0 Å². The SMILES string of the molecule is CCOC(=S)Sc1ccc(C#N)cc1. The molecule has 0 aliphatic heterocycles. The summed E-state index contributed by atoms with van der Waals surface area (Å²) in [7, 11) is 0. The van der Waals surface area contributed by atoms with Crippen LogP contribution >= 0.6 is 24.0 Å². The Hall–Kier alpha value is -1.05. The van der Waals surface area contributed by atoms with E-state index in [1.54, 1.807) is 12.1 Å². The third kappa shape index (κ3) is 3.36. The molecule has 2 nitrogen and oxygen atoms in total. The molecular weight excluding hydrogens is 214 g/mol. The average Bonchev–Trinajstić information content (AvgIpc) is 2.19.